The van der Waals surface area contributed by atoms with E-state index in [1.807, 2.05) is 0 Å². The fourth-order valence-corrected chi connectivity index (χ4v) is 5.40. The Morgan fingerprint density at radius 1 is 0.414 bits per heavy atom. The van der Waals surface area contributed by atoms with Crippen molar-refractivity contribution in [1.82, 2.24) is 28.8 Å². The zero-order valence-corrected chi connectivity index (χ0v) is 31.3. The topological polar surface area (TPSA) is 51.9 Å². The summed E-state index contributed by atoms with van der Waals surface area (Å²) >= 11 is 0. The summed E-state index contributed by atoms with van der Waals surface area (Å²) in [5, 5.41) is 12.2. The first-order valence-corrected chi connectivity index (χ1v) is 16.1. The minimum Gasteiger partial charge on any atom is -0.265 e. The van der Waals surface area contributed by atoms with Crippen molar-refractivity contribution in [1.29, 1.82) is 0 Å². The van der Waals surface area contributed by atoms with Crippen LogP contribution >= 0.6 is 0 Å². The molecule has 0 unspecified atom stereocenters. The number of fused-ring (bicyclic) bond motifs is 3. The maximum absolute atomic E-state index is 13.9. The molecule has 58 heavy (non-hydrogen) atoms. The van der Waals surface area contributed by atoms with Crippen LogP contribution in [0, 0.1) is 94.2 Å². The van der Waals surface area contributed by atoms with E-state index in [1.54, 1.807) is 0 Å². The molecule has 0 radical (unpaired) electrons. The summed E-state index contributed by atoms with van der Waals surface area (Å²) in [6, 6.07) is 19.9. The molecule has 0 bridgehead atoms. The van der Waals surface area contributed by atoms with Crippen LogP contribution in [0.5, 0.6) is 0 Å². The number of rotatable bonds is 3. The molecule has 0 saturated heterocycles. The van der Waals surface area contributed by atoms with Crippen LogP contribution in [0.15, 0.2) is 91.4 Å². The van der Waals surface area contributed by atoms with Crippen molar-refractivity contribution in [2.75, 3.05) is 0 Å². The summed E-state index contributed by atoms with van der Waals surface area (Å²) in [6.07, 6.45) is 3.28. The van der Waals surface area contributed by atoms with Gasteiger partial charge in [-0.05, 0) is 92.7 Å². The van der Waals surface area contributed by atoms with Gasteiger partial charge in [0.15, 0.2) is 0 Å². The molecule has 0 aliphatic heterocycles. The third-order valence-corrected chi connectivity index (χ3v) is 8.14. The molecule has 0 fully saturated rings. The standard InChI is InChI=1S/3C15H11F2N2.Ir/c3*1-9-5-12-7-15(18-19(12)8-10(9)2)13-4-3-11(16)6-14(13)17;/h3*3,5-8H,1-2H3;/q3*-1;+3/i3*1D3,2D3;. The monoisotopic (exact) mass is 982 g/mol. The Labute approximate surface area is 369 Å². The molecule has 6 nitrogen and oxygen atoms in total. The van der Waals surface area contributed by atoms with Gasteiger partial charge in [0, 0.05) is 95.2 Å². The summed E-state index contributed by atoms with van der Waals surface area (Å²) in [5.41, 5.74) is -1.31. The molecule has 0 saturated carbocycles. The number of hydrogen-bond donors (Lipinski definition) is 0. The van der Waals surface area contributed by atoms with Crippen LogP contribution in [0.2, 0.25) is 0 Å². The molecule has 0 aliphatic rings. The second-order valence-electron chi connectivity index (χ2n) is 12.1. The van der Waals surface area contributed by atoms with E-state index in [2.05, 4.69) is 33.5 Å². The van der Waals surface area contributed by atoms with Gasteiger partial charge in [-0.3, -0.25) is 39.9 Å². The fourth-order valence-electron chi connectivity index (χ4n) is 5.40. The van der Waals surface area contributed by atoms with E-state index in [1.165, 1.54) is 36.4 Å². The molecule has 9 rings (SSSR count). The number of aromatic nitrogens is 6. The minimum absolute atomic E-state index is 0. The molecule has 0 N–H and O–H groups in total. The molecular formula is C45H33F6IrN6. The Morgan fingerprint density at radius 2 is 0.690 bits per heavy atom. The van der Waals surface area contributed by atoms with Gasteiger partial charge in [0.2, 0.25) is 0 Å². The summed E-state index contributed by atoms with van der Waals surface area (Å²) in [4.78, 5) is 0. The SMILES string of the molecule is [2H]C([2H])([2H])c1cc2cc(-c3[c-]cc(F)cc3F)nn2cc1C([2H])([2H])[2H].[2H]C([2H])([2H])c1cc2cc(-c3[c-]cc(F)cc3F)nn2cc1C([2H])([2H])[2H].[2H]C([2H])([2H])c1cc2cc(-c3[c-]cc(F)cc3F)nn2cc1C([2H])([2H])[2H].[Ir+3]. The molecule has 13 heteroatoms. The van der Waals surface area contributed by atoms with Gasteiger partial charge in [-0.1, -0.05) is 53.1 Å². The summed E-state index contributed by atoms with van der Waals surface area (Å²) in [7, 11) is 0. The van der Waals surface area contributed by atoms with Crippen molar-refractivity contribution in [3.63, 3.8) is 0 Å². The van der Waals surface area contributed by atoms with E-state index in [0.717, 1.165) is 50.3 Å². The summed E-state index contributed by atoms with van der Waals surface area (Å²) in [6.45, 7) is -15.9. The summed E-state index contributed by atoms with van der Waals surface area (Å²) < 4.78 is 220. The quantitative estimate of drug-likeness (QED) is 0.131. The average molecular weight is 982 g/mol. The Bertz CT molecular complexity index is 3110. The molecule has 6 heterocycles. The third-order valence-electron chi connectivity index (χ3n) is 8.14. The van der Waals surface area contributed by atoms with Crippen LogP contribution in [0.1, 0.15) is 58.1 Å². The number of nitrogens with zero attached hydrogens (tertiary/aromatic N) is 6. The Balaban J connectivity index is 0.000000184. The molecule has 294 valence electrons. The van der Waals surface area contributed by atoms with E-state index in [0.29, 0.717) is 18.2 Å². The molecule has 0 spiro atoms. The van der Waals surface area contributed by atoms with E-state index < -0.39 is 76.0 Å². The van der Waals surface area contributed by atoms with Crippen molar-refractivity contribution in [2.45, 2.75) is 41.1 Å². The van der Waals surface area contributed by atoms with Crippen molar-refractivity contribution in [3.05, 3.63) is 178 Å². The van der Waals surface area contributed by atoms with Gasteiger partial charge in [0.1, 0.15) is 0 Å². The van der Waals surface area contributed by atoms with E-state index in [-0.39, 0.29) is 104 Å². The number of aryl methyl sites for hydroxylation is 6. The maximum Gasteiger partial charge on any atom is 3.00 e. The van der Waals surface area contributed by atoms with Gasteiger partial charge in [0.05, 0.1) is 16.6 Å². The van der Waals surface area contributed by atoms with Crippen LogP contribution in [-0.2, 0) is 20.1 Å². The van der Waals surface area contributed by atoms with Crippen LogP contribution in [0.4, 0.5) is 26.3 Å². The normalized spacial score (nSPS) is 16.9. The van der Waals surface area contributed by atoms with E-state index in [9.17, 15) is 26.3 Å². The first kappa shape index (κ1) is 24.0. The van der Waals surface area contributed by atoms with Gasteiger partial charge in [0.25, 0.3) is 0 Å². The molecule has 0 aliphatic carbocycles. The van der Waals surface area contributed by atoms with Gasteiger partial charge >= 0.3 is 20.1 Å². The Kier molecular flexibility index (Phi) is 6.96. The number of halogens is 6. The molecule has 0 amide bonds. The second-order valence-corrected chi connectivity index (χ2v) is 12.1. The zero-order chi connectivity index (χ0) is 55.7. The third kappa shape index (κ3) is 8.75. The average Bonchev–Trinajstić information content (AvgIpc) is 4.00. The number of hydrogen-bond acceptors (Lipinski definition) is 3. The second kappa shape index (κ2) is 16.8. The van der Waals surface area contributed by atoms with Crippen LogP contribution < -0.4 is 0 Å². The number of pyridine rings is 3. The summed E-state index contributed by atoms with van der Waals surface area (Å²) in [5.74, 6) is -5.01. The van der Waals surface area contributed by atoms with Gasteiger partial charge in [-0.2, -0.15) is 0 Å². The predicted molar refractivity (Wildman–Crippen MR) is 207 cm³/mol. The van der Waals surface area contributed by atoms with Crippen molar-refractivity contribution in [3.8, 4) is 33.8 Å². The van der Waals surface area contributed by atoms with Crippen molar-refractivity contribution < 1.29 is 71.1 Å². The maximum atomic E-state index is 13.9. The van der Waals surface area contributed by atoms with E-state index >= 15 is 0 Å². The zero-order valence-electron chi connectivity index (χ0n) is 46.9. The van der Waals surface area contributed by atoms with Gasteiger partial charge < -0.3 is 0 Å². The molecule has 0 atom stereocenters. The van der Waals surface area contributed by atoms with Crippen LogP contribution in [-0.4, -0.2) is 28.8 Å². The van der Waals surface area contributed by atoms with E-state index in [4.69, 9.17) is 24.7 Å². The minimum atomic E-state index is -2.66. The first-order chi connectivity index (χ1) is 34.4. The molecule has 9 aromatic rings. The Morgan fingerprint density at radius 3 is 0.931 bits per heavy atom. The first-order valence-electron chi connectivity index (χ1n) is 25.1. The smallest absolute Gasteiger partial charge is 0.265 e. The molecular weight excluding hydrogens is 931 g/mol. The van der Waals surface area contributed by atoms with Crippen molar-refractivity contribution in [2.24, 2.45) is 0 Å². The van der Waals surface area contributed by atoms with Crippen LogP contribution in [0.25, 0.3) is 50.3 Å². The van der Waals surface area contributed by atoms with Gasteiger partial charge in [-0.15, -0.1) is 36.4 Å². The van der Waals surface area contributed by atoms with Crippen LogP contribution in [0.3, 0.4) is 0 Å². The Hall–Kier alpha value is -6.04. The van der Waals surface area contributed by atoms with Gasteiger partial charge in [-0.25, -0.2) is 15.3 Å². The molecule has 3 aromatic carbocycles. The number of benzene rings is 3. The predicted octanol–water partition coefficient (Wildman–Crippen LogP) is 11.1. The molecule has 6 aromatic heterocycles. The largest absolute Gasteiger partial charge is 3.00 e. The van der Waals surface area contributed by atoms with Crippen molar-refractivity contribution >= 4 is 16.6 Å². The fraction of sp³-hybridized carbons (Fsp3) is 0.133.